The van der Waals surface area contributed by atoms with E-state index < -0.39 is 0 Å². The number of aryl methyl sites for hydroxylation is 1. The molecular weight excluding hydrogens is 501 g/mol. The lowest BCUT2D eigenvalue weighted by Crippen LogP contribution is -2.21. The summed E-state index contributed by atoms with van der Waals surface area (Å²) in [5.74, 6) is 0.272. The van der Waals surface area contributed by atoms with Gasteiger partial charge in [-0.3, -0.25) is 15.1 Å². The summed E-state index contributed by atoms with van der Waals surface area (Å²) < 4.78 is 13.9. The molecule has 0 unspecified atom stereocenters. The number of benzene rings is 1. The van der Waals surface area contributed by atoms with Crippen LogP contribution in [0.15, 0.2) is 61.2 Å². The Morgan fingerprint density at radius 3 is 2.80 bits per heavy atom. The van der Waals surface area contributed by atoms with Gasteiger partial charge in [-0.1, -0.05) is 24.8 Å². The highest BCUT2D eigenvalue weighted by Crippen LogP contribution is 2.28. The van der Waals surface area contributed by atoms with Crippen LogP contribution in [0.4, 0.5) is 4.39 Å². The molecule has 0 aliphatic carbocycles. The Bertz CT molecular complexity index is 1790. The molecule has 5 aromatic rings. The number of fused-ring (bicyclic) bond motifs is 1. The molecule has 202 valence electrons. The number of likely N-dealkylation sites (tertiary alicyclic amines) is 1. The van der Waals surface area contributed by atoms with Gasteiger partial charge in [0.05, 0.1) is 22.6 Å². The molecule has 1 saturated heterocycles. The number of nitrogens with zero attached hydrogens (tertiary/aromatic N) is 5. The second-order valence-electron chi connectivity index (χ2n) is 10.4. The van der Waals surface area contributed by atoms with Crippen molar-refractivity contribution in [1.29, 1.82) is 0 Å². The molecule has 8 heteroatoms. The molecule has 6 rings (SSSR count). The maximum atomic E-state index is 13.9. The van der Waals surface area contributed by atoms with Gasteiger partial charge in [0.2, 0.25) is 0 Å². The highest BCUT2D eigenvalue weighted by molar-refractivity contribution is 5.92. The third-order valence-corrected chi connectivity index (χ3v) is 7.54. The molecule has 0 atom stereocenters. The van der Waals surface area contributed by atoms with E-state index in [2.05, 4.69) is 55.7 Å². The lowest BCUT2D eigenvalue weighted by molar-refractivity contribution is 0.334. The highest BCUT2D eigenvalue weighted by atomic mass is 19.1. The highest BCUT2D eigenvalue weighted by Gasteiger charge is 2.14. The summed E-state index contributed by atoms with van der Waals surface area (Å²) >= 11 is 0. The number of rotatable bonds is 8. The summed E-state index contributed by atoms with van der Waals surface area (Å²) in [4.78, 5) is 19.4. The number of aromatic amines is 2. The van der Waals surface area contributed by atoms with Gasteiger partial charge in [-0.15, -0.1) is 0 Å². The third-order valence-electron chi connectivity index (χ3n) is 7.54. The Labute approximate surface area is 232 Å². The molecule has 1 aliphatic heterocycles. The van der Waals surface area contributed by atoms with E-state index in [-0.39, 0.29) is 5.82 Å². The van der Waals surface area contributed by atoms with Crippen LogP contribution in [-0.4, -0.2) is 54.7 Å². The number of aromatic nitrogens is 6. The van der Waals surface area contributed by atoms with Gasteiger partial charge < -0.3 is 9.88 Å². The van der Waals surface area contributed by atoms with Gasteiger partial charge in [-0.25, -0.2) is 9.37 Å². The average molecular weight is 534 g/mol. The van der Waals surface area contributed by atoms with Crippen LogP contribution in [0.1, 0.15) is 37.3 Å². The van der Waals surface area contributed by atoms with E-state index >= 15 is 0 Å². The summed E-state index contributed by atoms with van der Waals surface area (Å²) in [6, 6.07) is 8.66. The van der Waals surface area contributed by atoms with Gasteiger partial charge in [0.1, 0.15) is 11.5 Å². The number of halogens is 1. The topological polar surface area (TPSA) is 86.4 Å². The SMILES string of the molecule is C=c1c(-c2nc3c(-c4cccc(F)c4)cncc3[nH]2)n[nH]/c1=C/C=C(\C)c1cncc(CCCN2CCCC2)c1. The molecule has 0 spiro atoms. The van der Waals surface area contributed by atoms with Crippen LogP contribution >= 0.6 is 0 Å². The molecule has 1 aromatic carbocycles. The lowest BCUT2D eigenvalue weighted by atomic mass is 10.0. The summed E-state index contributed by atoms with van der Waals surface area (Å²) in [5.41, 5.74) is 7.02. The average Bonchev–Trinajstić information content (AvgIpc) is 3.72. The number of nitrogens with one attached hydrogen (secondary N) is 2. The smallest absolute Gasteiger partial charge is 0.159 e. The maximum Gasteiger partial charge on any atom is 0.159 e. The molecule has 5 heterocycles. The first-order chi connectivity index (χ1) is 19.5. The summed E-state index contributed by atoms with van der Waals surface area (Å²) in [6.45, 7) is 9.98. The van der Waals surface area contributed by atoms with Crippen molar-refractivity contribution in [2.45, 2.75) is 32.6 Å². The fourth-order valence-corrected chi connectivity index (χ4v) is 5.28. The molecule has 40 heavy (non-hydrogen) atoms. The first-order valence-electron chi connectivity index (χ1n) is 13.7. The quantitative estimate of drug-likeness (QED) is 0.297. The number of pyridine rings is 2. The predicted octanol–water partition coefficient (Wildman–Crippen LogP) is 4.87. The zero-order valence-corrected chi connectivity index (χ0v) is 22.6. The minimum absolute atomic E-state index is 0.304. The summed E-state index contributed by atoms with van der Waals surface area (Å²) in [5, 5.41) is 9.11. The molecule has 1 fully saturated rings. The molecule has 7 nitrogen and oxygen atoms in total. The van der Waals surface area contributed by atoms with Crippen molar-refractivity contribution in [3.63, 3.8) is 0 Å². The van der Waals surface area contributed by atoms with Gasteiger partial charge in [0.15, 0.2) is 5.82 Å². The normalized spacial score (nSPS) is 14.9. The van der Waals surface area contributed by atoms with Crippen LogP contribution in [0.2, 0.25) is 0 Å². The zero-order chi connectivity index (χ0) is 27.5. The first-order valence-corrected chi connectivity index (χ1v) is 13.7. The van der Waals surface area contributed by atoms with Gasteiger partial charge in [0, 0.05) is 29.4 Å². The van der Waals surface area contributed by atoms with Crippen LogP contribution in [0, 0.1) is 5.82 Å². The molecule has 2 N–H and O–H groups in total. The van der Waals surface area contributed by atoms with Crippen LogP contribution in [0.3, 0.4) is 0 Å². The van der Waals surface area contributed by atoms with Gasteiger partial charge in [-0.05, 0) is 98.8 Å². The summed E-state index contributed by atoms with van der Waals surface area (Å²) in [7, 11) is 0. The van der Waals surface area contributed by atoms with Crippen molar-refractivity contribution in [1.82, 2.24) is 35.0 Å². The van der Waals surface area contributed by atoms with Crippen LogP contribution in [0.25, 0.3) is 51.9 Å². The fourth-order valence-electron chi connectivity index (χ4n) is 5.28. The molecule has 1 aliphatic rings. The second kappa shape index (κ2) is 11.4. The Morgan fingerprint density at radius 1 is 1.10 bits per heavy atom. The van der Waals surface area contributed by atoms with Gasteiger partial charge in [-0.2, -0.15) is 5.10 Å². The number of hydrogen-bond donors (Lipinski definition) is 2. The van der Waals surface area contributed by atoms with E-state index in [4.69, 9.17) is 4.98 Å². The Balaban J connectivity index is 1.22. The molecule has 0 radical (unpaired) electrons. The standard InChI is InChI=1S/C32H32FN7/c1-21(25-15-23(17-34-18-25)7-6-14-40-12-3-4-13-40)10-11-28-22(2)30(39-38-28)32-36-29-20-35-19-27(31(29)37-32)24-8-5-9-26(33)16-24/h5,8-11,15-20,38H,2-4,6-7,12-14H2,1H3,(H,36,37)/b21-10+,28-11+. The predicted molar refractivity (Wildman–Crippen MR) is 158 cm³/mol. The Kier molecular flexibility index (Phi) is 7.33. The Hall–Kier alpha value is -4.43. The lowest BCUT2D eigenvalue weighted by Gasteiger charge is -2.14. The van der Waals surface area contributed by atoms with Crippen molar-refractivity contribution >= 4 is 29.3 Å². The van der Waals surface area contributed by atoms with Crippen molar-refractivity contribution in [2.24, 2.45) is 0 Å². The number of imidazole rings is 1. The van der Waals surface area contributed by atoms with E-state index in [1.54, 1.807) is 18.5 Å². The summed E-state index contributed by atoms with van der Waals surface area (Å²) in [6.07, 6.45) is 16.2. The van der Waals surface area contributed by atoms with E-state index in [0.717, 1.165) is 52.2 Å². The van der Waals surface area contributed by atoms with E-state index in [1.165, 1.54) is 43.6 Å². The molecule has 0 amide bonds. The van der Waals surface area contributed by atoms with Crippen LogP contribution in [0.5, 0.6) is 0 Å². The number of H-pyrrole nitrogens is 2. The zero-order valence-electron chi connectivity index (χ0n) is 22.6. The minimum Gasteiger partial charge on any atom is -0.335 e. The number of hydrogen-bond acceptors (Lipinski definition) is 5. The Morgan fingerprint density at radius 2 is 1.95 bits per heavy atom. The molecule has 4 aromatic heterocycles. The van der Waals surface area contributed by atoms with Crippen molar-refractivity contribution in [3.8, 4) is 22.6 Å². The molecule has 0 bridgehead atoms. The van der Waals surface area contributed by atoms with Crippen molar-refractivity contribution in [2.75, 3.05) is 19.6 Å². The third kappa shape index (κ3) is 5.49. The van der Waals surface area contributed by atoms with E-state index in [1.807, 2.05) is 24.5 Å². The second-order valence-corrected chi connectivity index (χ2v) is 10.4. The van der Waals surface area contributed by atoms with E-state index in [9.17, 15) is 4.39 Å². The largest absolute Gasteiger partial charge is 0.335 e. The van der Waals surface area contributed by atoms with Crippen molar-refractivity contribution in [3.05, 3.63) is 88.7 Å². The minimum atomic E-state index is -0.304. The van der Waals surface area contributed by atoms with Gasteiger partial charge in [0.25, 0.3) is 0 Å². The molecule has 0 saturated carbocycles. The maximum absolute atomic E-state index is 13.9. The van der Waals surface area contributed by atoms with E-state index in [0.29, 0.717) is 22.6 Å². The van der Waals surface area contributed by atoms with Crippen molar-refractivity contribution < 1.29 is 4.39 Å². The van der Waals surface area contributed by atoms with Crippen LogP contribution in [-0.2, 0) is 6.42 Å². The number of allylic oxidation sites excluding steroid dienone is 2. The first kappa shape index (κ1) is 25.8. The molecular formula is C32H32FN7. The fraction of sp³-hybridized carbons (Fsp3) is 0.250. The van der Waals surface area contributed by atoms with Crippen LogP contribution < -0.4 is 10.6 Å². The monoisotopic (exact) mass is 533 g/mol. The van der Waals surface area contributed by atoms with Gasteiger partial charge >= 0.3 is 0 Å².